The van der Waals surface area contributed by atoms with E-state index >= 15 is 0 Å². The van der Waals surface area contributed by atoms with E-state index in [0.717, 1.165) is 37.5 Å². The van der Waals surface area contributed by atoms with Gasteiger partial charge in [0.25, 0.3) is 0 Å². The van der Waals surface area contributed by atoms with Gasteiger partial charge in [-0.2, -0.15) is 0 Å². The van der Waals surface area contributed by atoms with Crippen LogP contribution in [0, 0.1) is 6.92 Å². The summed E-state index contributed by atoms with van der Waals surface area (Å²) in [5, 5.41) is 3.36. The molecule has 0 bridgehead atoms. The zero-order valence-corrected chi connectivity index (χ0v) is 13.6. The minimum absolute atomic E-state index is 0.177. The Kier molecular flexibility index (Phi) is 5.06. The molecule has 0 aliphatic carbocycles. The molecule has 1 saturated heterocycles. The zero-order valence-electron chi connectivity index (χ0n) is 13.6. The van der Waals surface area contributed by atoms with Crippen LogP contribution < -0.4 is 5.32 Å². The van der Waals surface area contributed by atoms with E-state index in [0.29, 0.717) is 13.1 Å². The minimum Gasteiger partial charge on any atom is -0.464 e. The van der Waals surface area contributed by atoms with Gasteiger partial charge in [-0.1, -0.05) is 0 Å². The van der Waals surface area contributed by atoms with Gasteiger partial charge in [0.1, 0.15) is 11.5 Å². The number of hydrogen-bond donors (Lipinski definition) is 1. The van der Waals surface area contributed by atoms with Crippen molar-refractivity contribution in [2.75, 3.05) is 33.7 Å². The predicted octanol–water partition coefficient (Wildman–Crippen LogP) is 1.62. The van der Waals surface area contributed by atoms with E-state index in [1.165, 1.54) is 0 Å². The lowest BCUT2D eigenvalue weighted by atomic mass is 9.98. The first-order chi connectivity index (χ1) is 9.90. The molecule has 1 fully saturated rings. The molecule has 0 spiro atoms. The molecule has 118 valence electrons. The number of carbonyl (C=O) groups excluding carboxylic acids is 1. The molecular weight excluding hydrogens is 266 g/mol. The summed E-state index contributed by atoms with van der Waals surface area (Å²) < 4.78 is 5.64. The number of hydrogen-bond acceptors (Lipinski definition) is 4. The Labute approximate surface area is 127 Å². The van der Waals surface area contributed by atoms with Gasteiger partial charge in [0.2, 0.25) is 5.91 Å². The second-order valence-electron chi connectivity index (χ2n) is 6.40. The maximum atomic E-state index is 12.9. The fourth-order valence-electron chi connectivity index (χ4n) is 2.76. The van der Waals surface area contributed by atoms with Gasteiger partial charge in [0.05, 0.1) is 12.1 Å². The van der Waals surface area contributed by atoms with Crippen molar-refractivity contribution >= 4 is 5.91 Å². The average Bonchev–Trinajstić information content (AvgIpc) is 3.03. The van der Waals surface area contributed by atoms with Crippen molar-refractivity contribution in [3.63, 3.8) is 0 Å². The van der Waals surface area contributed by atoms with Crippen LogP contribution in [0.25, 0.3) is 0 Å². The number of amides is 1. The van der Waals surface area contributed by atoms with Gasteiger partial charge in [0, 0.05) is 13.1 Å². The number of nitrogens with zero attached hydrogens (tertiary/aromatic N) is 2. The van der Waals surface area contributed by atoms with E-state index in [9.17, 15) is 4.79 Å². The normalized spacial score (nSPS) is 22.0. The van der Waals surface area contributed by atoms with E-state index in [-0.39, 0.29) is 5.91 Å². The van der Waals surface area contributed by atoms with Crippen molar-refractivity contribution in [3.05, 3.63) is 23.7 Å². The second-order valence-corrected chi connectivity index (χ2v) is 6.40. The molecule has 5 nitrogen and oxygen atoms in total. The van der Waals surface area contributed by atoms with Crippen LogP contribution in [0.5, 0.6) is 0 Å². The summed E-state index contributed by atoms with van der Waals surface area (Å²) in [6.07, 6.45) is 1.96. The summed E-state index contributed by atoms with van der Waals surface area (Å²) in [5.41, 5.74) is -0.423. The molecule has 1 amide bonds. The maximum Gasteiger partial charge on any atom is 0.243 e. The minimum atomic E-state index is -0.423. The Morgan fingerprint density at radius 3 is 2.67 bits per heavy atom. The van der Waals surface area contributed by atoms with Crippen molar-refractivity contribution in [3.8, 4) is 0 Å². The first-order valence-corrected chi connectivity index (χ1v) is 7.65. The summed E-state index contributed by atoms with van der Waals surface area (Å²) in [6.45, 7) is 6.96. The number of nitrogens with one attached hydrogen (secondary N) is 1. The van der Waals surface area contributed by atoms with E-state index in [2.05, 4.69) is 10.2 Å². The fourth-order valence-corrected chi connectivity index (χ4v) is 2.76. The fraction of sp³-hybridized carbons (Fsp3) is 0.688. The predicted molar refractivity (Wildman–Crippen MR) is 83.1 cm³/mol. The van der Waals surface area contributed by atoms with Crippen molar-refractivity contribution in [2.24, 2.45) is 0 Å². The molecule has 1 atom stereocenters. The van der Waals surface area contributed by atoms with Crippen LogP contribution in [0.3, 0.4) is 0 Å². The van der Waals surface area contributed by atoms with Crippen LogP contribution in [0.15, 0.2) is 16.5 Å². The standard InChI is InChI=1S/C16H27N3O2/c1-13-6-7-14(21-13)12-19(11-10-18(3)4)15(20)16(2)8-5-9-17-16/h6-7,17H,5,8-12H2,1-4H3. The van der Waals surface area contributed by atoms with Crippen molar-refractivity contribution in [1.29, 1.82) is 0 Å². The van der Waals surface area contributed by atoms with Crippen LogP contribution >= 0.6 is 0 Å². The van der Waals surface area contributed by atoms with E-state index < -0.39 is 5.54 Å². The smallest absolute Gasteiger partial charge is 0.243 e. The molecule has 1 aliphatic heterocycles. The van der Waals surface area contributed by atoms with E-state index in [1.54, 1.807) is 0 Å². The van der Waals surface area contributed by atoms with Gasteiger partial charge in [-0.3, -0.25) is 4.79 Å². The third-order valence-electron chi connectivity index (χ3n) is 4.09. The number of rotatable bonds is 6. The highest BCUT2D eigenvalue weighted by Crippen LogP contribution is 2.22. The summed E-state index contributed by atoms with van der Waals surface area (Å²) in [4.78, 5) is 16.9. The van der Waals surface area contributed by atoms with Gasteiger partial charge in [-0.05, 0) is 59.5 Å². The van der Waals surface area contributed by atoms with Crippen LogP contribution in [-0.4, -0.2) is 55.0 Å². The molecule has 1 unspecified atom stereocenters. The molecule has 2 heterocycles. The van der Waals surface area contributed by atoms with Crippen LogP contribution in [0.4, 0.5) is 0 Å². The highest BCUT2D eigenvalue weighted by atomic mass is 16.3. The van der Waals surface area contributed by atoms with E-state index in [4.69, 9.17) is 4.42 Å². The molecule has 1 aliphatic rings. The topological polar surface area (TPSA) is 48.7 Å². The zero-order chi connectivity index (χ0) is 15.5. The molecule has 0 saturated carbocycles. The second kappa shape index (κ2) is 6.62. The number of likely N-dealkylation sites (N-methyl/N-ethyl adjacent to an activating group) is 1. The van der Waals surface area contributed by atoms with Crippen LogP contribution in [-0.2, 0) is 11.3 Å². The Bertz CT molecular complexity index is 476. The van der Waals surface area contributed by atoms with Crippen molar-refractivity contribution in [1.82, 2.24) is 15.1 Å². The third-order valence-corrected chi connectivity index (χ3v) is 4.09. The van der Waals surface area contributed by atoms with Crippen LogP contribution in [0.1, 0.15) is 31.3 Å². The van der Waals surface area contributed by atoms with Gasteiger partial charge in [-0.25, -0.2) is 0 Å². The lowest BCUT2D eigenvalue weighted by molar-refractivity contribution is -0.138. The molecule has 0 radical (unpaired) electrons. The summed E-state index contributed by atoms with van der Waals surface area (Å²) in [5.74, 6) is 1.91. The molecule has 2 rings (SSSR count). The molecular formula is C16H27N3O2. The molecule has 1 aromatic heterocycles. The molecule has 21 heavy (non-hydrogen) atoms. The van der Waals surface area contributed by atoms with Gasteiger partial charge >= 0.3 is 0 Å². The highest BCUT2D eigenvalue weighted by Gasteiger charge is 2.39. The largest absolute Gasteiger partial charge is 0.464 e. The van der Waals surface area contributed by atoms with Gasteiger partial charge < -0.3 is 19.5 Å². The molecule has 1 N–H and O–H groups in total. The maximum absolute atomic E-state index is 12.9. The Balaban J connectivity index is 2.08. The summed E-state index contributed by atoms with van der Waals surface area (Å²) in [6, 6.07) is 3.90. The Morgan fingerprint density at radius 2 is 2.14 bits per heavy atom. The van der Waals surface area contributed by atoms with E-state index in [1.807, 2.05) is 45.0 Å². The Morgan fingerprint density at radius 1 is 1.38 bits per heavy atom. The quantitative estimate of drug-likeness (QED) is 0.866. The molecule has 1 aromatic rings. The summed E-state index contributed by atoms with van der Waals surface area (Å²) >= 11 is 0. The first kappa shape index (κ1) is 16.0. The van der Waals surface area contributed by atoms with Crippen molar-refractivity contribution < 1.29 is 9.21 Å². The summed E-state index contributed by atoms with van der Waals surface area (Å²) in [7, 11) is 4.05. The molecule has 0 aromatic carbocycles. The van der Waals surface area contributed by atoms with Crippen molar-refractivity contribution in [2.45, 2.75) is 38.8 Å². The Hall–Kier alpha value is -1.33. The third kappa shape index (κ3) is 4.08. The SMILES string of the molecule is Cc1ccc(CN(CCN(C)C)C(=O)C2(C)CCCN2)o1. The lowest BCUT2D eigenvalue weighted by Gasteiger charge is -2.32. The average molecular weight is 293 g/mol. The molecule has 5 heteroatoms. The first-order valence-electron chi connectivity index (χ1n) is 7.65. The monoisotopic (exact) mass is 293 g/mol. The van der Waals surface area contributed by atoms with Gasteiger partial charge in [-0.15, -0.1) is 0 Å². The number of carbonyl (C=O) groups is 1. The van der Waals surface area contributed by atoms with Crippen LogP contribution in [0.2, 0.25) is 0 Å². The lowest BCUT2D eigenvalue weighted by Crippen LogP contribution is -2.53. The van der Waals surface area contributed by atoms with Gasteiger partial charge in [0.15, 0.2) is 0 Å². The number of furan rings is 1. The highest BCUT2D eigenvalue weighted by molar-refractivity contribution is 5.86. The number of aryl methyl sites for hydroxylation is 1.